The first-order chi connectivity index (χ1) is 14.2. The third kappa shape index (κ3) is 4.25. The van der Waals surface area contributed by atoms with Crippen LogP contribution in [0, 0.1) is 5.92 Å². The topological polar surface area (TPSA) is 46.2 Å². The van der Waals surface area contributed by atoms with Crippen molar-refractivity contribution in [1.29, 1.82) is 0 Å². The quantitative estimate of drug-likeness (QED) is 0.501. The van der Waals surface area contributed by atoms with Crippen molar-refractivity contribution in [3.05, 3.63) is 126 Å². The highest BCUT2D eigenvalue weighted by Gasteiger charge is 2.38. The number of rotatable bonds is 5. The molecular formula is C26H21NO2. The van der Waals surface area contributed by atoms with Crippen molar-refractivity contribution in [3.8, 4) is 0 Å². The predicted molar refractivity (Wildman–Crippen MR) is 115 cm³/mol. The number of ketones is 1. The minimum atomic E-state index is -0.798. The summed E-state index contributed by atoms with van der Waals surface area (Å²) in [6.07, 6.45) is 5.81. The molecule has 29 heavy (non-hydrogen) atoms. The lowest BCUT2D eigenvalue weighted by molar-refractivity contribution is -0.123. The van der Waals surface area contributed by atoms with Crippen LogP contribution in [0.15, 0.2) is 109 Å². The number of Topliss-reactive ketones (excluding diaryl/α,β-unsaturated/α-hetero) is 1. The third-order valence-corrected chi connectivity index (χ3v) is 5.05. The molecule has 3 nitrogen and oxygen atoms in total. The Morgan fingerprint density at radius 2 is 1.34 bits per heavy atom. The van der Waals surface area contributed by atoms with Crippen LogP contribution in [0.25, 0.3) is 6.08 Å². The van der Waals surface area contributed by atoms with Crippen molar-refractivity contribution in [2.24, 2.45) is 5.92 Å². The van der Waals surface area contributed by atoms with Gasteiger partial charge in [-0.05, 0) is 17.2 Å². The molecule has 0 radical (unpaired) electrons. The first-order valence-corrected chi connectivity index (χ1v) is 9.62. The summed E-state index contributed by atoms with van der Waals surface area (Å²) in [5.41, 5.74) is 3.23. The number of carbonyl (C=O) groups is 2. The molecule has 0 bridgehead atoms. The van der Waals surface area contributed by atoms with Crippen molar-refractivity contribution in [2.75, 3.05) is 0 Å². The Labute approximate surface area is 170 Å². The highest BCUT2D eigenvalue weighted by atomic mass is 16.2. The molecule has 2 unspecified atom stereocenters. The standard InChI is InChI=1S/C26H21NO2/c28-25(21-14-8-3-9-15-21)24-23(20-12-6-2-7-13-20)18-22(27-26(24)29)17-16-19-10-4-1-5-11-19/h1-18,23-24H,(H,27,29)/b17-16+. The monoisotopic (exact) mass is 379 g/mol. The van der Waals surface area contributed by atoms with Gasteiger partial charge in [0.15, 0.2) is 5.78 Å². The van der Waals surface area contributed by atoms with Gasteiger partial charge < -0.3 is 5.32 Å². The Bertz CT molecular complexity index is 1050. The molecule has 1 aliphatic heterocycles. The van der Waals surface area contributed by atoms with Crippen molar-refractivity contribution in [2.45, 2.75) is 5.92 Å². The van der Waals surface area contributed by atoms with Gasteiger partial charge in [-0.1, -0.05) is 103 Å². The van der Waals surface area contributed by atoms with Gasteiger partial charge in [0.05, 0.1) is 0 Å². The van der Waals surface area contributed by atoms with Gasteiger partial charge >= 0.3 is 0 Å². The fourth-order valence-corrected chi connectivity index (χ4v) is 3.59. The zero-order valence-corrected chi connectivity index (χ0v) is 15.9. The third-order valence-electron chi connectivity index (χ3n) is 5.05. The van der Waals surface area contributed by atoms with Gasteiger partial charge in [0, 0.05) is 17.2 Å². The first-order valence-electron chi connectivity index (χ1n) is 9.62. The summed E-state index contributed by atoms with van der Waals surface area (Å²) in [4.78, 5) is 26.2. The summed E-state index contributed by atoms with van der Waals surface area (Å²) in [6, 6.07) is 28.6. The van der Waals surface area contributed by atoms with Crippen molar-refractivity contribution in [3.63, 3.8) is 0 Å². The minimum Gasteiger partial charge on any atom is -0.326 e. The number of allylic oxidation sites excluding steroid dienone is 2. The van der Waals surface area contributed by atoms with Gasteiger partial charge in [-0.25, -0.2) is 0 Å². The van der Waals surface area contributed by atoms with E-state index in [9.17, 15) is 9.59 Å². The smallest absolute Gasteiger partial charge is 0.236 e. The van der Waals surface area contributed by atoms with Crippen LogP contribution in [0.5, 0.6) is 0 Å². The summed E-state index contributed by atoms with van der Waals surface area (Å²) in [6.45, 7) is 0. The molecule has 3 heteroatoms. The normalized spacial score (nSPS) is 18.9. The van der Waals surface area contributed by atoms with Crippen molar-refractivity contribution >= 4 is 17.8 Å². The Balaban J connectivity index is 1.71. The van der Waals surface area contributed by atoms with E-state index in [1.165, 1.54) is 0 Å². The van der Waals surface area contributed by atoms with Crippen LogP contribution in [0.1, 0.15) is 27.4 Å². The molecule has 0 spiro atoms. The Morgan fingerprint density at radius 3 is 2.00 bits per heavy atom. The zero-order valence-electron chi connectivity index (χ0n) is 15.9. The first kappa shape index (κ1) is 18.6. The maximum Gasteiger partial charge on any atom is 0.236 e. The number of hydrogen-bond donors (Lipinski definition) is 1. The molecule has 0 saturated carbocycles. The number of nitrogens with one attached hydrogen (secondary N) is 1. The van der Waals surface area contributed by atoms with Crippen LogP contribution in [-0.4, -0.2) is 11.7 Å². The second-order valence-electron chi connectivity index (χ2n) is 7.00. The Morgan fingerprint density at radius 1 is 0.759 bits per heavy atom. The molecule has 4 rings (SSSR count). The Hall–Kier alpha value is -3.72. The minimum absolute atomic E-state index is 0.167. The molecule has 0 aliphatic carbocycles. The maximum atomic E-state index is 13.2. The van der Waals surface area contributed by atoms with Gasteiger partial charge in [0.25, 0.3) is 0 Å². The van der Waals surface area contributed by atoms with E-state index in [-0.39, 0.29) is 17.6 Å². The van der Waals surface area contributed by atoms with Crippen LogP contribution < -0.4 is 5.32 Å². The zero-order chi connectivity index (χ0) is 20.1. The van der Waals surface area contributed by atoms with E-state index in [4.69, 9.17) is 0 Å². The van der Waals surface area contributed by atoms with E-state index in [0.29, 0.717) is 11.3 Å². The molecule has 3 aromatic rings. The van der Waals surface area contributed by atoms with E-state index in [1.54, 1.807) is 12.1 Å². The fraction of sp³-hybridized carbons (Fsp3) is 0.0769. The molecule has 3 aromatic carbocycles. The molecule has 0 fully saturated rings. The molecule has 1 heterocycles. The maximum absolute atomic E-state index is 13.2. The second-order valence-corrected chi connectivity index (χ2v) is 7.00. The average Bonchev–Trinajstić information content (AvgIpc) is 2.79. The fourth-order valence-electron chi connectivity index (χ4n) is 3.59. The van der Waals surface area contributed by atoms with Gasteiger partial charge in [-0.15, -0.1) is 0 Å². The van der Waals surface area contributed by atoms with Crippen LogP contribution in [-0.2, 0) is 4.79 Å². The van der Waals surface area contributed by atoms with Gasteiger partial charge in [0.2, 0.25) is 5.91 Å². The molecule has 142 valence electrons. The molecule has 0 aromatic heterocycles. The van der Waals surface area contributed by atoms with E-state index in [2.05, 4.69) is 5.32 Å². The number of amides is 1. The van der Waals surface area contributed by atoms with Crippen LogP contribution in [0.4, 0.5) is 0 Å². The van der Waals surface area contributed by atoms with Crippen molar-refractivity contribution < 1.29 is 9.59 Å². The van der Waals surface area contributed by atoms with E-state index in [1.807, 2.05) is 97.1 Å². The average molecular weight is 379 g/mol. The van der Waals surface area contributed by atoms with Gasteiger partial charge in [-0.3, -0.25) is 9.59 Å². The predicted octanol–water partition coefficient (Wildman–Crippen LogP) is 5.00. The molecular weight excluding hydrogens is 358 g/mol. The molecule has 0 saturated heterocycles. The number of carbonyl (C=O) groups excluding carboxylic acids is 2. The highest BCUT2D eigenvalue weighted by Crippen LogP contribution is 2.33. The Kier molecular flexibility index (Phi) is 5.48. The lowest BCUT2D eigenvalue weighted by Crippen LogP contribution is -2.41. The number of hydrogen-bond acceptors (Lipinski definition) is 2. The van der Waals surface area contributed by atoms with E-state index < -0.39 is 5.92 Å². The second kappa shape index (κ2) is 8.53. The lowest BCUT2D eigenvalue weighted by Gasteiger charge is -2.28. The van der Waals surface area contributed by atoms with Crippen LogP contribution in [0.3, 0.4) is 0 Å². The van der Waals surface area contributed by atoms with E-state index in [0.717, 1.165) is 11.1 Å². The molecule has 1 amide bonds. The summed E-state index contributed by atoms with van der Waals surface area (Å²) in [7, 11) is 0. The lowest BCUT2D eigenvalue weighted by atomic mass is 9.78. The van der Waals surface area contributed by atoms with Crippen molar-refractivity contribution in [1.82, 2.24) is 5.32 Å². The van der Waals surface area contributed by atoms with Gasteiger partial charge in [-0.2, -0.15) is 0 Å². The summed E-state index contributed by atoms with van der Waals surface area (Å²) in [5, 5.41) is 2.90. The molecule has 1 N–H and O–H groups in total. The number of benzene rings is 3. The SMILES string of the molecule is O=C1NC(/C=C/c2ccccc2)=CC(c2ccccc2)C1C(=O)c1ccccc1. The van der Waals surface area contributed by atoms with Crippen LogP contribution in [0.2, 0.25) is 0 Å². The summed E-state index contributed by atoms with van der Waals surface area (Å²) >= 11 is 0. The van der Waals surface area contributed by atoms with Crippen LogP contribution >= 0.6 is 0 Å². The van der Waals surface area contributed by atoms with Gasteiger partial charge in [0.1, 0.15) is 5.92 Å². The summed E-state index contributed by atoms with van der Waals surface area (Å²) < 4.78 is 0. The summed E-state index contributed by atoms with van der Waals surface area (Å²) in [5.74, 6) is -1.57. The molecule has 1 aliphatic rings. The molecule has 2 atom stereocenters. The largest absolute Gasteiger partial charge is 0.326 e. The van der Waals surface area contributed by atoms with E-state index >= 15 is 0 Å². The highest BCUT2D eigenvalue weighted by molar-refractivity contribution is 6.12.